The number of benzene rings is 2. The summed E-state index contributed by atoms with van der Waals surface area (Å²) in [5, 5.41) is 0. The van der Waals surface area contributed by atoms with Gasteiger partial charge < -0.3 is 9.64 Å². The van der Waals surface area contributed by atoms with Crippen LogP contribution in [0.3, 0.4) is 0 Å². The average Bonchev–Trinajstić information content (AvgIpc) is 3.01. The van der Waals surface area contributed by atoms with E-state index in [1.54, 1.807) is 4.90 Å². The van der Waals surface area contributed by atoms with Crippen molar-refractivity contribution in [3.8, 4) is 0 Å². The van der Waals surface area contributed by atoms with E-state index in [1.807, 2.05) is 56.4 Å². The smallest absolute Gasteiger partial charge is 0.262 e. The lowest BCUT2D eigenvalue weighted by atomic mass is 10.00. The molecule has 3 heteroatoms. The van der Waals surface area contributed by atoms with E-state index in [4.69, 9.17) is 4.74 Å². The van der Waals surface area contributed by atoms with E-state index < -0.39 is 0 Å². The van der Waals surface area contributed by atoms with Crippen molar-refractivity contribution < 1.29 is 9.53 Å². The molecule has 0 radical (unpaired) electrons. The number of anilines is 1. The Hall–Kier alpha value is -2.55. The third-order valence-electron chi connectivity index (χ3n) is 4.16. The van der Waals surface area contributed by atoms with Gasteiger partial charge in [-0.3, -0.25) is 4.79 Å². The van der Waals surface area contributed by atoms with Crippen LogP contribution in [-0.4, -0.2) is 13.0 Å². The molecule has 0 saturated carbocycles. The van der Waals surface area contributed by atoms with Crippen molar-refractivity contribution in [2.75, 3.05) is 11.9 Å². The Balaban J connectivity index is 1.99. The normalized spacial score (nSPS) is 19.5. The fourth-order valence-corrected chi connectivity index (χ4v) is 3.04. The van der Waals surface area contributed by atoms with Crippen molar-refractivity contribution in [2.24, 2.45) is 0 Å². The van der Waals surface area contributed by atoms with E-state index >= 15 is 0 Å². The van der Waals surface area contributed by atoms with Gasteiger partial charge in [0.05, 0.1) is 11.3 Å². The lowest BCUT2D eigenvalue weighted by Crippen LogP contribution is -2.20. The first-order valence-electron chi connectivity index (χ1n) is 7.01. The molecular weight excluding hydrogens is 262 g/mol. The topological polar surface area (TPSA) is 29.5 Å². The second-order valence-electron chi connectivity index (χ2n) is 5.53. The van der Waals surface area contributed by atoms with Gasteiger partial charge >= 0.3 is 0 Å². The van der Waals surface area contributed by atoms with E-state index in [9.17, 15) is 4.79 Å². The molecule has 0 bridgehead atoms. The van der Waals surface area contributed by atoms with Gasteiger partial charge in [-0.2, -0.15) is 0 Å². The van der Waals surface area contributed by atoms with Crippen LogP contribution in [0.2, 0.25) is 0 Å². The van der Waals surface area contributed by atoms with Crippen LogP contribution < -0.4 is 4.90 Å². The molecule has 0 aromatic heterocycles. The molecule has 0 saturated heterocycles. The molecule has 1 amide bonds. The highest BCUT2D eigenvalue weighted by Gasteiger charge is 2.35. The molecule has 2 aromatic rings. The van der Waals surface area contributed by atoms with E-state index in [2.05, 4.69) is 0 Å². The Morgan fingerprint density at radius 2 is 1.90 bits per heavy atom. The number of fused-ring (bicyclic) bond motifs is 2. The molecule has 21 heavy (non-hydrogen) atoms. The van der Waals surface area contributed by atoms with E-state index in [1.165, 1.54) is 0 Å². The highest BCUT2D eigenvalue weighted by Crippen LogP contribution is 2.43. The quantitative estimate of drug-likeness (QED) is 0.691. The molecule has 104 valence electrons. The molecule has 2 aromatic carbocycles. The van der Waals surface area contributed by atoms with Gasteiger partial charge in [0.2, 0.25) is 0 Å². The van der Waals surface area contributed by atoms with E-state index in [0.29, 0.717) is 17.9 Å². The van der Waals surface area contributed by atoms with Crippen molar-refractivity contribution in [1.82, 2.24) is 0 Å². The number of amides is 1. The van der Waals surface area contributed by atoms with Gasteiger partial charge in [-0.05, 0) is 18.6 Å². The first-order chi connectivity index (χ1) is 10.2. The van der Waals surface area contributed by atoms with Crippen LogP contribution in [0.15, 0.2) is 42.5 Å². The largest absolute Gasteiger partial charge is 0.487 e. The molecule has 0 unspecified atom stereocenters. The molecule has 3 nitrogen and oxygen atoms in total. The minimum atomic E-state index is 0.00213. The number of ether oxygens (including phenoxy) is 1. The molecule has 2 heterocycles. The fraction of sp³-hybridized carbons (Fsp3) is 0.167. The Labute approximate surface area is 123 Å². The number of hydrogen-bond acceptors (Lipinski definition) is 2. The summed E-state index contributed by atoms with van der Waals surface area (Å²) >= 11 is 0. The van der Waals surface area contributed by atoms with Crippen LogP contribution in [0.4, 0.5) is 5.69 Å². The molecular formula is C18H15NO2. The highest BCUT2D eigenvalue weighted by molar-refractivity contribution is 6.37. The predicted octanol–water partition coefficient (Wildman–Crippen LogP) is 3.37. The third-order valence-corrected chi connectivity index (χ3v) is 4.16. The first-order valence-corrected chi connectivity index (χ1v) is 7.01. The molecule has 2 aliphatic rings. The zero-order valence-electron chi connectivity index (χ0n) is 12.0. The van der Waals surface area contributed by atoms with E-state index in [-0.39, 0.29) is 5.91 Å². The maximum Gasteiger partial charge on any atom is 0.262 e. The van der Waals surface area contributed by atoms with Gasteiger partial charge in [0.1, 0.15) is 12.4 Å². The van der Waals surface area contributed by atoms with Crippen molar-refractivity contribution in [3.63, 3.8) is 0 Å². The maximum absolute atomic E-state index is 12.7. The van der Waals surface area contributed by atoms with Gasteiger partial charge in [-0.1, -0.05) is 36.4 Å². The predicted molar refractivity (Wildman–Crippen MR) is 82.6 cm³/mol. The molecule has 0 N–H and O–H groups in total. The number of aryl methyl sites for hydroxylation is 1. The van der Waals surface area contributed by atoms with Crippen LogP contribution in [0.1, 0.15) is 22.3 Å². The van der Waals surface area contributed by atoms with Crippen molar-refractivity contribution in [3.05, 3.63) is 64.7 Å². The SMILES string of the molecule is Cc1ccc2c(c1)N(C)C(=O)/C2=C1/OCc2ccccc21. The second-order valence-corrected chi connectivity index (χ2v) is 5.53. The zero-order valence-corrected chi connectivity index (χ0v) is 12.0. The number of rotatable bonds is 0. The fourth-order valence-electron chi connectivity index (χ4n) is 3.04. The third kappa shape index (κ3) is 1.64. The van der Waals surface area contributed by atoms with Gasteiger partial charge in [-0.25, -0.2) is 0 Å². The molecule has 4 rings (SSSR count). The summed E-state index contributed by atoms with van der Waals surface area (Å²) in [6, 6.07) is 14.1. The molecule has 0 fully saturated rings. The number of nitrogens with zero attached hydrogens (tertiary/aromatic N) is 1. The summed E-state index contributed by atoms with van der Waals surface area (Å²) in [7, 11) is 1.81. The Morgan fingerprint density at radius 1 is 1.10 bits per heavy atom. The lowest BCUT2D eigenvalue weighted by Gasteiger charge is -2.09. The Kier molecular flexibility index (Phi) is 2.45. The molecule has 2 aliphatic heterocycles. The lowest BCUT2D eigenvalue weighted by molar-refractivity contribution is -0.112. The number of likely N-dealkylation sites (N-methyl/N-ethyl adjacent to an activating group) is 1. The van der Waals surface area contributed by atoms with Gasteiger partial charge in [0.25, 0.3) is 5.91 Å². The number of carbonyl (C=O) groups excluding carboxylic acids is 1. The Bertz CT molecular complexity index is 805. The average molecular weight is 277 g/mol. The maximum atomic E-state index is 12.7. The summed E-state index contributed by atoms with van der Waals surface area (Å²) < 4.78 is 5.85. The van der Waals surface area contributed by atoms with Crippen LogP contribution in [0.5, 0.6) is 0 Å². The van der Waals surface area contributed by atoms with Crippen LogP contribution >= 0.6 is 0 Å². The van der Waals surface area contributed by atoms with Crippen molar-refractivity contribution in [2.45, 2.75) is 13.5 Å². The standard InChI is InChI=1S/C18H15NO2/c1-11-7-8-14-15(9-11)19(2)18(20)16(14)17-13-6-4-3-5-12(13)10-21-17/h3-9H,10H2,1-2H3/b17-16+. The van der Waals surface area contributed by atoms with Gasteiger partial charge in [0.15, 0.2) is 0 Å². The van der Waals surface area contributed by atoms with Gasteiger partial charge in [-0.15, -0.1) is 0 Å². The number of carbonyl (C=O) groups is 1. The summed E-state index contributed by atoms with van der Waals surface area (Å²) in [6.45, 7) is 2.57. The van der Waals surface area contributed by atoms with Crippen LogP contribution in [0.25, 0.3) is 11.3 Å². The summed E-state index contributed by atoms with van der Waals surface area (Å²) in [5.74, 6) is 0.715. The van der Waals surface area contributed by atoms with Crippen molar-refractivity contribution >= 4 is 22.9 Å². The summed E-state index contributed by atoms with van der Waals surface area (Å²) in [4.78, 5) is 14.4. The summed E-state index contributed by atoms with van der Waals surface area (Å²) in [5.41, 5.74) is 5.90. The minimum Gasteiger partial charge on any atom is -0.487 e. The second kappa shape index (κ2) is 4.22. The first kappa shape index (κ1) is 12.2. The molecule has 0 atom stereocenters. The molecule has 0 spiro atoms. The van der Waals surface area contributed by atoms with Crippen molar-refractivity contribution in [1.29, 1.82) is 0 Å². The Morgan fingerprint density at radius 3 is 2.76 bits per heavy atom. The van der Waals surface area contributed by atoms with E-state index in [0.717, 1.165) is 27.9 Å². The monoisotopic (exact) mass is 277 g/mol. The number of hydrogen-bond donors (Lipinski definition) is 0. The summed E-state index contributed by atoms with van der Waals surface area (Å²) in [6.07, 6.45) is 0. The molecule has 0 aliphatic carbocycles. The minimum absolute atomic E-state index is 0.00213. The highest BCUT2D eigenvalue weighted by atomic mass is 16.5. The van der Waals surface area contributed by atoms with Crippen LogP contribution in [0, 0.1) is 6.92 Å². The van der Waals surface area contributed by atoms with Crippen LogP contribution in [-0.2, 0) is 16.1 Å². The zero-order chi connectivity index (χ0) is 14.6. The van der Waals surface area contributed by atoms with Gasteiger partial charge in [0, 0.05) is 23.7 Å².